The molecule has 2 aromatic rings. The first-order chi connectivity index (χ1) is 12.1. The number of hydrogen-bond donors (Lipinski definition) is 2. The zero-order valence-corrected chi connectivity index (χ0v) is 15.3. The molecule has 1 atom stereocenters. The van der Waals surface area contributed by atoms with Gasteiger partial charge in [-0.05, 0) is 45.0 Å². The molecule has 1 aromatic carbocycles. The van der Waals surface area contributed by atoms with Gasteiger partial charge in [-0.3, -0.25) is 4.68 Å². The van der Waals surface area contributed by atoms with E-state index in [2.05, 4.69) is 53.4 Å². The monoisotopic (exact) mass is 344 g/mol. The molecular formula is C19H28N4O2. The Bertz CT molecular complexity index is 696. The Kier molecular flexibility index (Phi) is 5.60. The molecule has 2 heterocycles. The number of aliphatic hydroxyl groups is 1. The summed E-state index contributed by atoms with van der Waals surface area (Å²) in [5.74, 6) is 0. The number of benzene rings is 1. The zero-order valence-electron chi connectivity index (χ0n) is 15.3. The first-order valence-electron chi connectivity index (χ1n) is 8.92. The van der Waals surface area contributed by atoms with E-state index in [0.717, 1.165) is 43.3 Å². The smallest absolute Gasteiger partial charge is 0.0722 e. The molecule has 0 spiro atoms. The minimum absolute atomic E-state index is 0.108. The van der Waals surface area contributed by atoms with Crippen molar-refractivity contribution in [1.82, 2.24) is 9.78 Å². The van der Waals surface area contributed by atoms with Crippen molar-refractivity contribution in [2.75, 3.05) is 36.5 Å². The van der Waals surface area contributed by atoms with Gasteiger partial charge in [-0.1, -0.05) is 0 Å². The summed E-state index contributed by atoms with van der Waals surface area (Å²) in [4.78, 5) is 2.37. The first-order valence-corrected chi connectivity index (χ1v) is 8.92. The van der Waals surface area contributed by atoms with Gasteiger partial charge in [-0.2, -0.15) is 5.10 Å². The van der Waals surface area contributed by atoms with Crippen LogP contribution in [0.1, 0.15) is 23.9 Å². The van der Waals surface area contributed by atoms with Crippen molar-refractivity contribution in [1.29, 1.82) is 0 Å². The number of nitrogens with zero attached hydrogens (tertiary/aromatic N) is 3. The Morgan fingerprint density at radius 1 is 1.28 bits per heavy atom. The topological polar surface area (TPSA) is 62.5 Å². The van der Waals surface area contributed by atoms with Crippen LogP contribution in [0.3, 0.4) is 0 Å². The van der Waals surface area contributed by atoms with E-state index in [1.54, 1.807) is 0 Å². The quantitative estimate of drug-likeness (QED) is 0.842. The highest BCUT2D eigenvalue weighted by Gasteiger charge is 2.17. The fourth-order valence-electron chi connectivity index (χ4n) is 3.34. The van der Waals surface area contributed by atoms with Crippen LogP contribution >= 0.6 is 0 Å². The summed E-state index contributed by atoms with van der Waals surface area (Å²) in [7, 11) is 0. The van der Waals surface area contributed by atoms with E-state index in [0.29, 0.717) is 6.54 Å². The lowest BCUT2D eigenvalue weighted by Crippen LogP contribution is -2.41. The number of aryl methyl sites for hydroxylation is 1. The molecule has 0 amide bonds. The van der Waals surface area contributed by atoms with Gasteiger partial charge < -0.3 is 20.1 Å². The summed E-state index contributed by atoms with van der Waals surface area (Å²) < 4.78 is 7.48. The molecule has 0 bridgehead atoms. The second-order valence-corrected chi connectivity index (χ2v) is 6.62. The molecule has 1 aliphatic heterocycles. The molecule has 25 heavy (non-hydrogen) atoms. The minimum Gasteiger partial charge on any atom is -0.394 e. The van der Waals surface area contributed by atoms with Gasteiger partial charge in [0, 0.05) is 42.3 Å². The standard InChI is InChI=1S/C19H28N4O2/c1-14-13-22(9-11-25-14)18-6-4-17(5-7-18)20-12-19-15(2)21-23(8-10-24)16(19)3/h4-7,14,20,24H,8-13H2,1-3H3. The van der Waals surface area contributed by atoms with Crippen LogP contribution in [0.15, 0.2) is 24.3 Å². The van der Waals surface area contributed by atoms with Crippen molar-refractivity contribution in [3.63, 3.8) is 0 Å². The van der Waals surface area contributed by atoms with Crippen LogP contribution in [0.25, 0.3) is 0 Å². The average molecular weight is 344 g/mol. The average Bonchev–Trinajstić information content (AvgIpc) is 2.87. The van der Waals surface area contributed by atoms with Gasteiger partial charge in [0.05, 0.1) is 31.6 Å². The predicted octanol–water partition coefficient (Wildman–Crippen LogP) is 2.33. The highest BCUT2D eigenvalue weighted by Crippen LogP contribution is 2.21. The molecule has 1 fully saturated rings. The van der Waals surface area contributed by atoms with Crippen molar-refractivity contribution < 1.29 is 9.84 Å². The van der Waals surface area contributed by atoms with E-state index in [1.165, 1.54) is 11.3 Å². The van der Waals surface area contributed by atoms with Crippen molar-refractivity contribution in [2.45, 2.75) is 40.0 Å². The normalized spacial score (nSPS) is 17.8. The summed E-state index contributed by atoms with van der Waals surface area (Å²) >= 11 is 0. The number of ether oxygens (including phenoxy) is 1. The molecule has 136 valence electrons. The van der Waals surface area contributed by atoms with Gasteiger partial charge in [-0.25, -0.2) is 0 Å². The molecule has 6 nitrogen and oxygen atoms in total. The van der Waals surface area contributed by atoms with Crippen molar-refractivity contribution in [3.05, 3.63) is 41.2 Å². The summed E-state index contributed by atoms with van der Waals surface area (Å²) in [5.41, 5.74) is 5.65. The number of hydrogen-bond acceptors (Lipinski definition) is 5. The number of aromatic nitrogens is 2. The molecule has 3 rings (SSSR count). The molecule has 1 aliphatic rings. The third-order valence-corrected chi connectivity index (χ3v) is 4.79. The van der Waals surface area contributed by atoms with E-state index in [4.69, 9.17) is 9.84 Å². The van der Waals surface area contributed by atoms with Crippen LogP contribution < -0.4 is 10.2 Å². The van der Waals surface area contributed by atoms with Gasteiger partial charge >= 0.3 is 0 Å². The van der Waals surface area contributed by atoms with Crippen molar-refractivity contribution in [2.24, 2.45) is 0 Å². The molecule has 2 N–H and O–H groups in total. The maximum absolute atomic E-state index is 9.11. The van der Waals surface area contributed by atoms with E-state index in [1.807, 2.05) is 11.6 Å². The molecule has 0 radical (unpaired) electrons. The Morgan fingerprint density at radius 3 is 2.72 bits per heavy atom. The lowest BCUT2D eigenvalue weighted by atomic mass is 10.2. The molecular weight excluding hydrogens is 316 g/mol. The van der Waals surface area contributed by atoms with E-state index in [-0.39, 0.29) is 12.7 Å². The van der Waals surface area contributed by atoms with Gasteiger partial charge in [0.1, 0.15) is 0 Å². The number of anilines is 2. The van der Waals surface area contributed by atoms with E-state index < -0.39 is 0 Å². The van der Waals surface area contributed by atoms with Crippen LogP contribution in [-0.2, 0) is 17.8 Å². The second-order valence-electron chi connectivity index (χ2n) is 6.62. The van der Waals surface area contributed by atoms with Gasteiger partial charge in [0.25, 0.3) is 0 Å². The second kappa shape index (κ2) is 7.89. The van der Waals surface area contributed by atoms with Crippen LogP contribution in [0.5, 0.6) is 0 Å². The maximum Gasteiger partial charge on any atom is 0.0722 e. The molecule has 0 saturated carbocycles. The highest BCUT2D eigenvalue weighted by molar-refractivity contribution is 5.55. The molecule has 1 aromatic heterocycles. The molecule has 6 heteroatoms. The summed E-state index contributed by atoms with van der Waals surface area (Å²) in [6.45, 7) is 10.2. The van der Waals surface area contributed by atoms with Crippen LogP contribution in [-0.4, -0.2) is 47.3 Å². The highest BCUT2D eigenvalue weighted by atomic mass is 16.5. The lowest BCUT2D eigenvalue weighted by molar-refractivity contribution is 0.0532. The maximum atomic E-state index is 9.11. The molecule has 0 aliphatic carbocycles. The molecule has 1 unspecified atom stereocenters. The fourth-order valence-corrected chi connectivity index (χ4v) is 3.34. The third-order valence-electron chi connectivity index (χ3n) is 4.79. The summed E-state index contributed by atoms with van der Waals surface area (Å²) in [6, 6.07) is 8.57. The van der Waals surface area contributed by atoms with Gasteiger partial charge in [0.2, 0.25) is 0 Å². The molecule has 1 saturated heterocycles. The van der Waals surface area contributed by atoms with Gasteiger partial charge in [-0.15, -0.1) is 0 Å². The van der Waals surface area contributed by atoms with Crippen LogP contribution in [0.2, 0.25) is 0 Å². The number of morpholine rings is 1. The zero-order chi connectivity index (χ0) is 17.8. The van der Waals surface area contributed by atoms with Gasteiger partial charge in [0.15, 0.2) is 0 Å². The minimum atomic E-state index is 0.108. The Morgan fingerprint density at radius 2 is 2.04 bits per heavy atom. The first kappa shape index (κ1) is 17.8. The lowest BCUT2D eigenvalue weighted by Gasteiger charge is -2.33. The van der Waals surface area contributed by atoms with Crippen LogP contribution in [0.4, 0.5) is 11.4 Å². The van der Waals surface area contributed by atoms with E-state index >= 15 is 0 Å². The van der Waals surface area contributed by atoms with E-state index in [9.17, 15) is 0 Å². The van der Waals surface area contributed by atoms with Crippen molar-refractivity contribution >= 4 is 11.4 Å². The van der Waals surface area contributed by atoms with Crippen molar-refractivity contribution in [3.8, 4) is 0 Å². The SMILES string of the molecule is Cc1nn(CCO)c(C)c1CNc1ccc(N2CCOC(C)C2)cc1. The Balaban J connectivity index is 1.62. The number of nitrogens with one attached hydrogen (secondary N) is 1. The summed E-state index contributed by atoms with van der Waals surface area (Å²) in [6.07, 6.45) is 0.285. The Labute approximate surface area is 149 Å². The predicted molar refractivity (Wildman–Crippen MR) is 100 cm³/mol. The number of rotatable bonds is 6. The number of aliphatic hydroxyl groups excluding tert-OH is 1. The summed E-state index contributed by atoms with van der Waals surface area (Å²) in [5, 5.41) is 17.1. The fraction of sp³-hybridized carbons (Fsp3) is 0.526. The largest absolute Gasteiger partial charge is 0.394 e. The Hall–Kier alpha value is -2.05. The third kappa shape index (κ3) is 4.14. The van der Waals surface area contributed by atoms with Crippen LogP contribution in [0, 0.1) is 13.8 Å².